The van der Waals surface area contributed by atoms with E-state index >= 15 is 0 Å². The van der Waals surface area contributed by atoms with Gasteiger partial charge < -0.3 is 9.64 Å². The first-order valence-corrected chi connectivity index (χ1v) is 11.2. The molecule has 7 nitrogen and oxygen atoms in total. The second kappa shape index (κ2) is 8.26. The van der Waals surface area contributed by atoms with Gasteiger partial charge in [0.25, 0.3) is 0 Å². The molecule has 0 radical (unpaired) electrons. The summed E-state index contributed by atoms with van der Waals surface area (Å²) in [6.07, 6.45) is 9.96. The highest BCUT2D eigenvalue weighted by atomic mass is 16.5. The van der Waals surface area contributed by atoms with Crippen molar-refractivity contribution in [2.75, 3.05) is 20.1 Å². The largest absolute Gasteiger partial charge is 0.489 e. The molecule has 1 aliphatic heterocycles. The first-order chi connectivity index (χ1) is 16.6. The molecule has 164 valence electrons. The number of piperidine rings is 1. The van der Waals surface area contributed by atoms with Gasteiger partial charge in [-0.2, -0.15) is 5.10 Å². The van der Waals surface area contributed by atoms with Gasteiger partial charge in [-0.15, -0.1) is 0 Å². The van der Waals surface area contributed by atoms with Gasteiger partial charge in [0.1, 0.15) is 11.9 Å². The Kier molecular flexibility index (Phi) is 4.68. The normalized spacial score (nSPS) is 15.7. The van der Waals surface area contributed by atoms with Crippen LogP contribution in [-0.4, -0.2) is 55.7 Å². The number of hydrogen-bond donors (Lipinski definition) is 0. The fraction of sp³-hybridized carbons (Fsp3) is 0.231. The van der Waals surface area contributed by atoms with Crippen molar-refractivity contribution in [1.82, 2.24) is 29.5 Å². The Morgan fingerprint density at radius 2 is 1.85 bits per heavy atom. The number of nitrogens with zero attached hydrogens (tertiary/aromatic N) is 6. The van der Waals surface area contributed by atoms with Crippen LogP contribution in [0.1, 0.15) is 14.2 Å². The summed E-state index contributed by atoms with van der Waals surface area (Å²) >= 11 is 0. The van der Waals surface area contributed by atoms with Gasteiger partial charge in [-0.1, -0.05) is 18.2 Å². The summed E-state index contributed by atoms with van der Waals surface area (Å²) in [7, 11) is 2.15. The molecular weight excluding hydrogens is 412 g/mol. The molecule has 5 aromatic rings. The summed E-state index contributed by atoms with van der Waals surface area (Å²) in [5.41, 5.74) is 5.16. The van der Waals surface area contributed by atoms with E-state index < -0.39 is 0 Å². The number of fused-ring (bicyclic) bond motifs is 2. The Balaban J connectivity index is 1.27. The summed E-state index contributed by atoms with van der Waals surface area (Å²) < 4.78 is 15.7. The van der Waals surface area contributed by atoms with E-state index in [1.807, 2.05) is 55.0 Å². The SMILES string of the molecule is [2H]c1ccc2c(-c3cnn4cc(-c5ccc(OC6CCN(C)CC6)cn5)cnc34)cccc2n1. The van der Waals surface area contributed by atoms with Gasteiger partial charge in [-0.3, -0.25) is 9.97 Å². The minimum Gasteiger partial charge on any atom is -0.489 e. The Bertz CT molecular complexity index is 1470. The van der Waals surface area contributed by atoms with Crippen LogP contribution in [0.3, 0.4) is 0 Å². The number of ether oxygens (including phenoxy) is 1. The van der Waals surface area contributed by atoms with Gasteiger partial charge in [0.05, 0.1) is 25.0 Å². The predicted octanol–water partition coefficient (Wildman–Crippen LogP) is 4.48. The monoisotopic (exact) mass is 437 g/mol. The minimum atomic E-state index is 0.251. The third kappa shape index (κ3) is 3.81. The number of pyridine rings is 2. The molecule has 0 bridgehead atoms. The van der Waals surface area contributed by atoms with Gasteiger partial charge in [0.2, 0.25) is 0 Å². The highest BCUT2D eigenvalue weighted by Crippen LogP contribution is 2.31. The van der Waals surface area contributed by atoms with Crippen molar-refractivity contribution in [3.63, 3.8) is 0 Å². The molecule has 0 N–H and O–H groups in total. The third-order valence-electron chi connectivity index (χ3n) is 6.24. The Morgan fingerprint density at radius 3 is 2.70 bits per heavy atom. The van der Waals surface area contributed by atoms with E-state index in [9.17, 15) is 0 Å². The molecular formula is C26H24N6O. The van der Waals surface area contributed by atoms with Crippen LogP contribution in [0.5, 0.6) is 5.75 Å². The molecule has 0 spiro atoms. The molecule has 0 saturated carbocycles. The minimum absolute atomic E-state index is 0.251. The molecule has 1 aliphatic rings. The average Bonchev–Trinajstić information content (AvgIpc) is 3.28. The van der Waals surface area contributed by atoms with E-state index in [0.29, 0.717) is 0 Å². The molecule has 6 rings (SSSR count). The molecule has 0 amide bonds. The highest BCUT2D eigenvalue weighted by molar-refractivity contribution is 5.97. The molecule has 7 heteroatoms. The molecule has 4 aromatic heterocycles. The van der Waals surface area contributed by atoms with Crippen molar-refractivity contribution in [1.29, 1.82) is 0 Å². The lowest BCUT2D eigenvalue weighted by atomic mass is 10.0. The maximum Gasteiger partial charge on any atom is 0.162 e. The maximum atomic E-state index is 7.79. The first kappa shape index (κ1) is 18.7. The fourth-order valence-electron chi connectivity index (χ4n) is 4.40. The van der Waals surface area contributed by atoms with E-state index in [0.717, 1.165) is 70.6 Å². The zero-order chi connectivity index (χ0) is 23.1. The standard InChI is InChI=1S/C26H24N6O/c1-31-12-9-19(10-13-31)33-20-7-8-24(28-15-20)18-14-29-26-23(16-30-32(26)17-18)21-4-2-6-25-22(21)5-3-11-27-25/h2-8,11,14-17,19H,9-10,12-13H2,1H3/i11D. The van der Waals surface area contributed by atoms with Crippen LogP contribution in [0.15, 0.2) is 73.4 Å². The highest BCUT2D eigenvalue weighted by Gasteiger charge is 2.18. The van der Waals surface area contributed by atoms with Crippen LogP contribution in [0, 0.1) is 0 Å². The molecule has 0 atom stereocenters. The maximum absolute atomic E-state index is 7.79. The van der Waals surface area contributed by atoms with Crippen molar-refractivity contribution in [2.24, 2.45) is 0 Å². The fourth-order valence-corrected chi connectivity index (χ4v) is 4.40. The predicted molar refractivity (Wildman–Crippen MR) is 128 cm³/mol. The van der Waals surface area contributed by atoms with Crippen LogP contribution >= 0.6 is 0 Å². The molecule has 0 unspecified atom stereocenters. The van der Waals surface area contributed by atoms with Crippen molar-refractivity contribution in [3.05, 3.63) is 73.4 Å². The van der Waals surface area contributed by atoms with Gasteiger partial charge in [-0.05, 0) is 49.7 Å². The molecule has 1 fully saturated rings. The van der Waals surface area contributed by atoms with E-state index in [-0.39, 0.29) is 12.3 Å². The van der Waals surface area contributed by atoms with Crippen LogP contribution in [-0.2, 0) is 0 Å². The summed E-state index contributed by atoms with van der Waals surface area (Å²) in [5.74, 6) is 0.800. The van der Waals surface area contributed by atoms with Gasteiger partial charge in [0.15, 0.2) is 5.65 Å². The van der Waals surface area contributed by atoms with E-state index in [4.69, 9.17) is 11.1 Å². The van der Waals surface area contributed by atoms with Crippen molar-refractivity contribution in [2.45, 2.75) is 18.9 Å². The zero-order valence-electron chi connectivity index (χ0n) is 19.3. The number of aromatic nitrogens is 5. The molecule has 1 saturated heterocycles. The van der Waals surface area contributed by atoms with Gasteiger partial charge in [-0.25, -0.2) is 9.50 Å². The quantitative estimate of drug-likeness (QED) is 0.413. The van der Waals surface area contributed by atoms with Crippen LogP contribution in [0.4, 0.5) is 0 Å². The number of likely N-dealkylation sites (tertiary alicyclic amines) is 1. The summed E-state index contributed by atoms with van der Waals surface area (Å²) in [6.45, 7) is 2.13. The summed E-state index contributed by atoms with van der Waals surface area (Å²) in [5, 5.41) is 5.52. The second-order valence-electron chi connectivity index (χ2n) is 8.48. The summed E-state index contributed by atoms with van der Waals surface area (Å²) in [4.78, 5) is 16.0. The summed E-state index contributed by atoms with van der Waals surface area (Å²) in [6, 6.07) is 13.5. The zero-order valence-corrected chi connectivity index (χ0v) is 18.3. The Morgan fingerprint density at radius 1 is 0.939 bits per heavy atom. The number of benzene rings is 1. The topological polar surface area (TPSA) is 68.4 Å². The Hall–Kier alpha value is -3.84. The van der Waals surface area contributed by atoms with Crippen molar-refractivity contribution >= 4 is 16.6 Å². The van der Waals surface area contributed by atoms with Crippen LogP contribution < -0.4 is 4.74 Å². The van der Waals surface area contributed by atoms with Gasteiger partial charge >= 0.3 is 0 Å². The lowest BCUT2D eigenvalue weighted by Crippen LogP contribution is -2.35. The molecule has 1 aromatic carbocycles. The molecule has 33 heavy (non-hydrogen) atoms. The smallest absolute Gasteiger partial charge is 0.162 e. The van der Waals surface area contributed by atoms with Crippen molar-refractivity contribution < 1.29 is 6.11 Å². The van der Waals surface area contributed by atoms with Gasteiger partial charge in [0, 0.05) is 48.2 Å². The second-order valence-corrected chi connectivity index (χ2v) is 8.48. The lowest BCUT2D eigenvalue weighted by Gasteiger charge is -2.29. The third-order valence-corrected chi connectivity index (χ3v) is 6.24. The molecule has 5 heterocycles. The van der Waals surface area contributed by atoms with E-state index in [2.05, 4.69) is 27.0 Å². The van der Waals surface area contributed by atoms with E-state index in [1.165, 1.54) is 0 Å². The van der Waals surface area contributed by atoms with Crippen LogP contribution in [0.2, 0.25) is 0 Å². The average molecular weight is 438 g/mol. The Labute approximate surface area is 193 Å². The van der Waals surface area contributed by atoms with Crippen molar-refractivity contribution in [3.8, 4) is 28.1 Å². The lowest BCUT2D eigenvalue weighted by molar-refractivity contribution is 0.114. The first-order valence-electron chi connectivity index (χ1n) is 11.7. The van der Waals surface area contributed by atoms with E-state index in [1.54, 1.807) is 16.8 Å². The van der Waals surface area contributed by atoms with Crippen LogP contribution in [0.25, 0.3) is 38.9 Å². The number of rotatable bonds is 4. The number of hydrogen-bond acceptors (Lipinski definition) is 6. The molecule has 0 aliphatic carbocycles.